The molecule has 49 heavy (non-hydrogen) atoms. The van der Waals surface area contributed by atoms with Crippen LogP contribution in [-0.2, 0) is 12.8 Å². The van der Waals surface area contributed by atoms with Crippen molar-refractivity contribution >= 4 is 55.7 Å². The molecule has 244 valence electrons. The molecule has 1 atom stereocenters. The highest BCUT2D eigenvalue weighted by molar-refractivity contribution is 6.37. The second-order valence-corrected chi connectivity index (χ2v) is 14.3. The zero-order valence-electron chi connectivity index (χ0n) is 28.2. The van der Waals surface area contributed by atoms with Crippen molar-refractivity contribution in [3.63, 3.8) is 0 Å². The number of rotatable bonds is 4. The second-order valence-electron chi connectivity index (χ2n) is 13.8. The van der Waals surface area contributed by atoms with Crippen LogP contribution in [0.25, 0.3) is 43.6 Å². The molecule has 0 aliphatic heterocycles. The van der Waals surface area contributed by atoms with Gasteiger partial charge in [-0.2, -0.15) is 0 Å². The van der Waals surface area contributed by atoms with E-state index in [2.05, 4.69) is 129 Å². The maximum Gasteiger partial charge on any atom is 0.337 e. The second kappa shape index (κ2) is 13.0. The molecule has 0 bridgehead atoms. The summed E-state index contributed by atoms with van der Waals surface area (Å²) in [5.74, 6) is -0.524. The van der Waals surface area contributed by atoms with Gasteiger partial charge in [-0.05, 0) is 98.5 Å². The minimum atomic E-state index is -0.940. The first-order valence-corrected chi connectivity index (χ1v) is 17.1. The lowest BCUT2D eigenvalue weighted by Crippen LogP contribution is -2.32. The number of para-hydroxylation sites is 1. The summed E-state index contributed by atoms with van der Waals surface area (Å²) < 4.78 is 0. The molecule has 5 heteroatoms. The van der Waals surface area contributed by atoms with Gasteiger partial charge >= 0.3 is 5.97 Å². The fourth-order valence-electron chi connectivity index (χ4n) is 7.57. The van der Waals surface area contributed by atoms with Crippen LogP contribution in [0.4, 0.5) is 5.69 Å². The van der Waals surface area contributed by atoms with E-state index >= 15 is 0 Å². The molecule has 1 aliphatic rings. The van der Waals surface area contributed by atoms with Gasteiger partial charge in [-0.1, -0.05) is 116 Å². The smallest absolute Gasteiger partial charge is 0.337 e. The number of anilines is 1. The molecule has 8 rings (SSSR count). The van der Waals surface area contributed by atoms with E-state index < -0.39 is 5.97 Å². The summed E-state index contributed by atoms with van der Waals surface area (Å²) in [6.45, 7) is 4.88. The Kier molecular flexibility index (Phi) is 8.60. The Labute approximate surface area is 292 Å². The van der Waals surface area contributed by atoms with E-state index in [0.29, 0.717) is 11.4 Å². The Morgan fingerprint density at radius 2 is 1.49 bits per heavy atom. The maximum absolute atomic E-state index is 10.8. The molecule has 1 unspecified atom stereocenters. The third-order valence-corrected chi connectivity index (χ3v) is 10.4. The first-order chi connectivity index (χ1) is 23.6. The highest BCUT2D eigenvalue weighted by Gasteiger charge is 2.38. The van der Waals surface area contributed by atoms with Gasteiger partial charge in [-0.25, -0.2) is 4.79 Å². The van der Waals surface area contributed by atoms with Gasteiger partial charge in [-0.3, -0.25) is 4.98 Å². The predicted octanol–water partition coefficient (Wildman–Crippen LogP) is 11.2. The molecule has 0 spiro atoms. The molecule has 0 fully saturated rings. The minimum Gasteiger partial charge on any atom is -0.478 e. The summed E-state index contributed by atoms with van der Waals surface area (Å²) in [5.41, 5.74) is 9.11. The lowest BCUT2D eigenvalue weighted by molar-refractivity contribution is 0.0699. The molecule has 1 heterocycles. The lowest BCUT2D eigenvalue weighted by atomic mass is 9.63. The van der Waals surface area contributed by atoms with Gasteiger partial charge in [0.15, 0.2) is 0 Å². The SMILES string of the molecule is CN(C)c1ccc(-c2ccccc2)cc1C1Cc2ccc3c(cc(Cl)c4ccccc43)c2CC1(C)C.O=C(O)c1cccc2cccnc12. The number of hydrogen-bond acceptors (Lipinski definition) is 3. The standard InChI is InChI=1S/C34H32ClN.C10H7NO2/c1-34(2)21-30-24(14-16-26-25-12-8-9-13-27(25)32(35)20-28(26)30)19-31(34)29-18-23(15-17-33(29)36(3)4)22-10-6-5-7-11-22;12-10(13)8-5-1-3-7-4-2-6-11-9(7)8/h5-18,20,31H,19,21H2,1-4H3;1-6H,(H,12,13). The van der Waals surface area contributed by atoms with E-state index in [1.54, 1.807) is 24.4 Å². The van der Waals surface area contributed by atoms with Crippen molar-refractivity contribution in [3.8, 4) is 11.1 Å². The molecule has 0 saturated carbocycles. The van der Waals surface area contributed by atoms with Crippen LogP contribution < -0.4 is 4.90 Å². The summed E-state index contributed by atoms with van der Waals surface area (Å²) in [6.07, 6.45) is 3.65. The molecule has 0 amide bonds. The number of aromatic carboxylic acids is 1. The summed E-state index contributed by atoms with van der Waals surface area (Å²) in [5, 5.41) is 15.5. The van der Waals surface area contributed by atoms with Gasteiger partial charge in [0.25, 0.3) is 0 Å². The number of nitrogens with zero attached hydrogens (tertiary/aromatic N) is 2. The molecule has 1 N–H and O–H groups in total. The molecule has 6 aromatic carbocycles. The van der Waals surface area contributed by atoms with E-state index in [9.17, 15) is 4.79 Å². The Morgan fingerprint density at radius 1 is 0.776 bits per heavy atom. The predicted molar refractivity (Wildman–Crippen MR) is 205 cm³/mol. The summed E-state index contributed by atoms with van der Waals surface area (Å²) in [6, 6.07) is 41.9. The van der Waals surface area contributed by atoms with Crippen molar-refractivity contribution in [3.05, 3.63) is 155 Å². The van der Waals surface area contributed by atoms with Gasteiger partial charge in [0.1, 0.15) is 0 Å². The highest BCUT2D eigenvalue weighted by atomic mass is 35.5. The van der Waals surface area contributed by atoms with Crippen LogP contribution in [0, 0.1) is 5.41 Å². The number of hydrogen-bond donors (Lipinski definition) is 1. The van der Waals surface area contributed by atoms with Gasteiger partial charge in [0.05, 0.1) is 11.1 Å². The quantitative estimate of drug-likeness (QED) is 0.191. The first-order valence-electron chi connectivity index (χ1n) is 16.7. The number of halogens is 1. The van der Waals surface area contributed by atoms with Crippen LogP contribution in [0.5, 0.6) is 0 Å². The van der Waals surface area contributed by atoms with Crippen LogP contribution in [0.3, 0.4) is 0 Å². The van der Waals surface area contributed by atoms with E-state index in [1.807, 2.05) is 12.1 Å². The zero-order valence-corrected chi connectivity index (χ0v) is 29.0. The molecule has 7 aromatic rings. The third-order valence-electron chi connectivity index (χ3n) is 10.1. The number of benzene rings is 6. The average Bonchev–Trinajstić information content (AvgIpc) is 3.11. The molecule has 1 aliphatic carbocycles. The van der Waals surface area contributed by atoms with Crippen molar-refractivity contribution in [2.24, 2.45) is 5.41 Å². The monoisotopic (exact) mass is 662 g/mol. The summed E-state index contributed by atoms with van der Waals surface area (Å²) >= 11 is 6.80. The Balaban J connectivity index is 0.000000244. The number of carbonyl (C=O) groups is 1. The maximum atomic E-state index is 10.8. The molecular weight excluding hydrogens is 624 g/mol. The van der Waals surface area contributed by atoms with Crippen molar-refractivity contribution in [1.29, 1.82) is 0 Å². The Hall–Kier alpha value is -5.19. The fourth-order valence-corrected chi connectivity index (χ4v) is 7.85. The Bertz CT molecular complexity index is 2340. The van der Waals surface area contributed by atoms with Crippen molar-refractivity contribution < 1.29 is 9.90 Å². The van der Waals surface area contributed by atoms with Crippen molar-refractivity contribution in [2.75, 3.05) is 19.0 Å². The molecule has 0 saturated heterocycles. The number of carboxylic acids is 1. The average molecular weight is 663 g/mol. The highest BCUT2D eigenvalue weighted by Crippen LogP contribution is 2.50. The van der Waals surface area contributed by atoms with Gasteiger partial charge in [0.2, 0.25) is 0 Å². The molecule has 0 radical (unpaired) electrons. The summed E-state index contributed by atoms with van der Waals surface area (Å²) in [4.78, 5) is 17.1. The van der Waals surface area contributed by atoms with Crippen LogP contribution >= 0.6 is 11.6 Å². The van der Waals surface area contributed by atoms with Crippen LogP contribution in [0.1, 0.15) is 46.8 Å². The number of carboxylic acid groups (broad SMARTS) is 1. The van der Waals surface area contributed by atoms with E-state index in [1.165, 1.54) is 49.7 Å². The number of aromatic nitrogens is 1. The normalized spacial score (nSPS) is 15.0. The first kappa shape index (κ1) is 32.4. The van der Waals surface area contributed by atoms with Crippen LogP contribution in [0.15, 0.2) is 128 Å². The van der Waals surface area contributed by atoms with Gasteiger partial charge < -0.3 is 10.0 Å². The summed E-state index contributed by atoms with van der Waals surface area (Å²) in [7, 11) is 4.32. The minimum absolute atomic E-state index is 0.0967. The number of pyridine rings is 1. The van der Waals surface area contributed by atoms with Crippen LogP contribution in [-0.4, -0.2) is 30.2 Å². The van der Waals surface area contributed by atoms with E-state index in [-0.39, 0.29) is 11.0 Å². The van der Waals surface area contributed by atoms with Gasteiger partial charge in [0, 0.05) is 41.8 Å². The lowest BCUT2D eigenvalue weighted by Gasteiger charge is -2.42. The zero-order chi connectivity index (χ0) is 34.3. The topological polar surface area (TPSA) is 53.4 Å². The molecule has 4 nitrogen and oxygen atoms in total. The van der Waals surface area contributed by atoms with E-state index in [4.69, 9.17) is 16.7 Å². The molecule has 1 aromatic heterocycles. The fraction of sp³-hybridized carbons (Fsp3) is 0.182. The third kappa shape index (κ3) is 6.13. The van der Waals surface area contributed by atoms with Crippen molar-refractivity contribution in [1.82, 2.24) is 4.98 Å². The van der Waals surface area contributed by atoms with E-state index in [0.717, 1.165) is 28.6 Å². The van der Waals surface area contributed by atoms with Crippen LogP contribution in [0.2, 0.25) is 5.02 Å². The number of fused-ring (bicyclic) bond motifs is 6. The van der Waals surface area contributed by atoms with Gasteiger partial charge in [-0.15, -0.1) is 0 Å². The Morgan fingerprint density at radius 3 is 2.24 bits per heavy atom. The molecular formula is C44H39ClN2O2. The van der Waals surface area contributed by atoms with Crippen molar-refractivity contribution in [2.45, 2.75) is 32.6 Å². The largest absolute Gasteiger partial charge is 0.478 e.